The molecule has 0 spiro atoms. The number of hydrogen-bond donors (Lipinski definition) is 2. The van der Waals surface area contributed by atoms with Crippen LogP contribution in [0, 0.1) is 0 Å². The highest BCUT2D eigenvalue weighted by Gasteiger charge is 2.45. The Kier molecular flexibility index (Phi) is 5.87. The predicted octanol–water partition coefficient (Wildman–Crippen LogP) is 2.85. The molecular weight excluding hydrogens is 352 g/mol. The van der Waals surface area contributed by atoms with Crippen LogP contribution in [0.4, 0.5) is 0 Å². The molecule has 0 aromatic heterocycles. The van der Waals surface area contributed by atoms with Crippen molar-refractivity contribution in [3.05, 3.63) is 108 Å². The minimum atomic E-state index is -1.13. The highest BCUT2D eigenvalue weighted by Crippen LogP contribution is 2.42. The van der Waals surface area contributed by atoms with Crippen molar-refractivity contribution >= 4 is 11.9 Å². The maximum atomic E-state index is 13.0. The molecule has 5 nitrogen and oxygen atoms in total. The number of carbonyl (C=O) groups is 2. The van der Waals surface area contributed by atoms with Crippen LogP contribution in [-0.2, 0) is 15.1 Å². The van der Waals surface area contributed by atoms with E-state index in [9.17, 15) is 14.7 Å². The Hall–Kier alpha value is -3.44. The number of hydrogen-bond acceptors (Lipinski definition) is 3. The van der Waals surface area contributed by atoms with Crippen molar-refractivity contribution in [1.82, 2.24) is 4.90 Å². The number of carboxylic acids is 1. The van der Waals surface area contributed by atoms with Crippen molar-refractivity contribution in [3.63, 3.8) is 0 Å². The maximum Gasteiger partial charge on any atom is 0.323 e. The zero-order chi connectivity index (χ0) is 20.0. The van der Waals surface area contributed by atoms with E-state index in [1.807, 2.05) is 91.0 Å². The highest BCUT2D eigenvalue weighted by atomic mass is 16.4. The maximum absolute atomic E-state index is 13.0. The molecule has 0 heterocycles. The number of amides is 1. The van der Waals surface area contributed by atoms with Crippen LogP contribution in [0.1, 0.15) is 16.7 Å². The van der Waals surface area contributed by atoms with Gasteiger partial charge in [-0.05, 0) is 16.7 Å². The van der Waals surface area contributed by atoms with Crippen molar-refractivity contribution in [2.75, 3.05) is 13.1 Å². The van der Waals surface area contributed by atoms with E-state index in [0.717, 1.165) is 16.7 Å². The summed E-state index contributed by atoms with van der Waals surface area (Å²) in [5, 5.41) is 9.60. The predicted molar refractivity (Wildman–Crippen MR) is 108 cm³/mol. The molecular formula is C23H22N2O3. The summed E-state index contributed by atoms with van der Waals surface area (Å²) >= 11 is 0. The third-order valence-corrected chi connectivity index (χ3v) is 4.75. The minimum Gasteiger partial charge on any atom is -0.480 e. The van der Waals surface area contributed by atoms with Gasteiger partial charge in [0.15, 0.2) is 0 Å². The summed E-state index contributed by atoms with van der Waals surface area (Å²) in [5.74, 6) is -1.55. The average Bonchev–Trinajstić information content (AvgIpc) is 2.75. The monoisotopic (exact) mass is 374 g/mol. The van der Waals surface area contributed by atoms with Gasteiger partial charge in [0.2, 0.25) is 5.91 Å². The second-order valence-electron chi connectivity index (χ2n) is 6.39. The Labute approximate surface area is 164 Å². The molecule has 0 saturated carbocycles. The van der Waals surface area contributed by atoms with Gasteiger partial charge in [0.25, 0.3) is 0 Å². The third kappa shape index (κ3) is 3.52. The zero-order valence-electron chi connectivity index (χ0n) is 15.4. The Bertz CT molecular complexity index is 831. The molecule has 0 aliphatic rings. The SMILES string of the molecule is NCC(=O)N(CC(=O)O)C(c1ccccc1)(c1ccccc1)c1ccccc1. The quantitative estimate of drug-likeness (QED) is 0.623. The Morgan fingerprint density at radius 2 is 1.11 bits per heavy atom. The lowest BCUT2D eigenvalue weighted by Gasteiger charge is -2.44. The summed E-state index contributed by atoms with van der Waals surface area (Å²) in [4.78, 5) is 26.0. The molecule has 0 saturated heterocycles. The van der Waals surface area contributed by atoms with Crippen LogP contribution in [-0.4, -0.2) is 35.0 Å². The first-order chi connectivity index (χ1) is 13.6. The first-order valence-electron chi connectivity index (χ1n) is 8.99. The van der Waals surface area contributed by atoms with Gasteiger partial charge in [-0.3, -0.25) is 9.59 Å². The van der Waals surface area contributed by atoms with E-state index in [0.29, 0.717) is 0 Å². The van der Waals surface area contributed by atoms with E-state index >= 15 is 0 Å². The molecule has 0 unspecified atom stereocenters. The smallest absolute Gasteiger partial charge is 0.323 e. The van der Waals surface area contributed by atoms with Crippen molar-refractivity contribution in [1.29, 1.82) is 0 Å². The van der Waals surface area contributed by atoms with Crippen molar-refractivity contribution in [2.45, 2.75) is 5.54 Å². The van der Waals surface area contributed by atoms with E-state index in [1.165, 1.54) is 4.90 Å². The van der Waals surface area contributed by atoms with E-state index in [-0.39, 0.29) is 6.54 Å². The van der Waals surface area contributed by atoms with Gasteiger partial charge in [-0.25, -0.2) is 0 Å². The van der Waals surface area contributed by atoms with Crippen LogP contribution < -0.4 is 5.73 Å². The molecule has 142 valence electrons. The Balaban J connectivity index is 2.42. The van der Waals surface area contributed by atoms with E-state index in [2.05, 4.69) is 0 Å². The first-order valence-corrected chi connectivity index (χ1v) is 8.99. The van der Waals surface area contributed by atoms with Gasteiger partial charge in [-0.1, -0.05) is 91.0 Å². The van der Waals surface area contributed by atoms with Gasteiger partial charge in [-0.15, -0.1) is 0 Å². The van der Waals surface area contributed by atoms with E-state index in [4.69, 9.17) is 5.73 Å². The molecule has 0 aliphatic carbocycles. The van der Waals surface area contributed by atoms with Crippen LogP contribution >= 0.6 is 0 Å². The minimum absolute atomic E-state index is 0.290. The normalized spacial score (nSPS) is 11.0. The van der Waals surface area contributed by atoms with Gasteiger partial charge in [0.1, 0.15) is 12.1 Å². The fourth-order valence-corrected chi connectivity index (χ4v) is 3.64. The standard InChI is InChI=1S/C23H22N2O3/c24-16-21(26)25(17-22(27)28)23(18-10-4-1-5-11-18,19-12-6-2-7-13-19)20-14-8-3-9-15-20/h1-15H,16-17,24H2,(H,27,28). The summed E-state index contributed by atoms with van der Waals surface area (Å²) in [6.45, 7) is -0.768. The number of aliphatic carboxylic acids is 1. The van der Waals surface area contributed by atoms with Crippen LogP contribution in [0.3, 0.4) is 0 Å². The number of carbonyl (C=O) groups excluding carboxylic acids is 1. The molecule has 0 atom stereocenters. The number of benzene rings is 3. The van der Waals surface area contributed by atoms with Gasteiger partial charge >= 0.3 is 5.97 Å². The molecule has 1 amide bonds. The summed E-state index contributed by atoms with van der Waals surface area (Å²) < 4.78 is 0. The second kappa shape index (κ2) is 8.50. The largest absolute Gasteiger partial charge is 0.480 e. The van der Waals surface area contributed by atoms with E-state index < -0.39 is 24.0 Å². The van der Waals surface area contributed by atoms with Crippen LogP contribution in [0.2, 0.25) is 0 Å². The lowest BCUT2D eigenvalue weighted by molar-refractivity contribution is -0.147. The lowest BCUT2D eigenvalue weighted by atomic mass is 9.75. The number of rotatable bonds is 7. The van der Waals surface area contributed by atoms with Crippen LogP contribution in [0.15, 0.2) is 91.0 Å². The molecule has 0 radical (unpaired) electrons. The average molecular weight is 374 g/mol. The summed E-state index contributed by atoms with van der Waals surface area (Å²) in [6.07, 6.45) is 0. The topological polar surface area (TPSA) is 83.6 Å². The highest BCUT2D eigenvalue weighted by molar-refractivity contribution is 5.85. The van der Waals surface area contributed by atoms with Gasteiger partial charge < -0.3 is 15.7 Å². The molecule has 0 aliphatic heterocycles. The number of carboxylic acid groups (broad SMARTS) is 1. The van der Waals surface area contributed by atoms with Gasteiger partial charge in [0, 0.05) is 0 Å². The fourth-order valence-electron chi connectivity index (χ4n) is 3.64. The van der Waals surface area contributed by atoms with Crippen molar-refractivity contribution in [2.24, 2.45) is 5.73 Å². The fraction of sp³-hybridized carbons (Fsp3) is 0.130. The summed E-state index contributed by atoms with van der Waals surface area (Å²) in [7, 11) is 0. The Morgan fingerprint density at radius 3 is 1.39 bits per heavy atom. The third-order valence-electron chi connectivity index (χ3n) is 4.75. The molecule has 3 aromatic carbocycles. The van der Waals surface area contributed by atoms with Gasteiger partial charge in [-0.2, -0.15) is 0 Å². The molecule has 0 fully saturated rings. The Morgan fingerprint density at radius 1 is 0.750 bits per heavy atom. The molecule has 5 heteroatoms. The van der Waals surface area contributed by atoms with Crippen molar-refractivity contribution in [3.8, 4) is 0 Å². The molecule has 3 rings (SSSR count). The van der Waals surface area contributed by atoms with Crippen LogP contribution in [0.25, 0.3) is 0 Å². The molecule has 0 bridgehead atoms. The second-order valence-corrected chi connectivity index (χ2v) is 6.39. The molecule has 3 N–H and O–H groups in total. The zero-order valence-corrected chi connectivity index (χ0v) is 15.4. The molecule has 28 heavy (non-hydrogen) atoms. The number of nitrogens with zero attached hydrogens (tertiary/aromatic N) is 1. The van der Waals surface area contributed by atoms with Crippen molar-refractivity contribution < 1.29 is 14.7 Å². The molecule has 3 aromatic rings. The first kappa shape index (κ1) is 19.3. The van der Waals surface area contributed by atoms with Crippen LogP contribution in [0.5, 0.6) is 0 Å². The summed E-state index contributed by atoms with van der Waals surface area (Å²) in [5.41, 5.74) is 6.93. The van der Waals surface area contributed by atoms with Gasteiger partial charge in [0.05, 0.1) is 6.54 Å². The number of nitrogens with two attached hydrogens (primary N) is 1. The summed E-state index contributed by atoms with van der Waals surface area (Å²) in [6, 6.07) is 28.3. The van der Waals surface area contributed by atoms with E-state index in [1.54, 1.807) is 0 Å². The lowest BCUT2D eigenvalue weighted by Crippen LogP contribution is -2.54.